The summed E-state index contributed by atoms with van der Waals surface area (Å²) in [5, 5.41) is 13.9. The Morgan fingerprint density at radius 2 is 1.83 bits per heavy atom. The largest absolute Gasteiger partial charge is 0.455 e. The van der Waals surface area contributed by atoms with Gasteiger partial charge < -0.3 is 15.0 Å². The maximum atomic E-state index is 12.8. The van der Waals surface area contributed by atoms with E-state index in [0.29, 0.717) is 18.9 Å². The second-order valence-corrected chi connectivity index (χ2v) is 8.13. The summed E-state index contributed by atoms with van der Waals surface area (Å²) in [7, 11) is 0. The van der Waals surface area contributed by atoms with Crippen molar-refractivity contribution in [1.29, 1.82) is 0 Å². The molecule has 166 valence electrons. The molecule has 1 aliphatic rings. The Kier molecular flexibility index (Phi) is 6.94. The number of halogens is 3. The number of amides is 1. The summed E-state index contributed by atoms with van der Waals surface area (Å²) in [4.78, 5) is 35.9. The van der Waals surface area contributed by atoms with E-state index in [4.69, 9.17) is 4.74 Å². The number of alkyl halides is 3. The molecule has 1 N–H and O–H groups in total. The first-order valence-electron chi connectivity index (χ1n) is 9.36. The number of carbonyl (C=O) groups excluding carboxylic acids is 2. The molecule has 0 radical (unpaired) electrons. The molecule has 0 unspecified atom stereocenters. The van der Waals surface area contributed by atoms with E-state index >= 15 is 0 Å². The number of rotatable bonds is 5. The van der Waals surface area contributed by atoms with Crippen molar-refractivity contribution in [3.8, 4) is 0 Å². The molecule has 1 heterocycles. The molecule has 0 spiro atoms. The first-order valence-corrected chi connectivity index (χ1v) is 9.36. The van der Waals surface area contributed by atoms with Crippen molar-refractivity contribution in [3.63, 3.8) is 0 Å². The molecule has 0 atom stereocenters. The van der Waals surface area contributed by atoms with E-state index in [9.17, 15) is 32.9 Å². The van der Waals surface area contributed by atoms with Crippen LogP contribution in [0, 0.1) is 16.0 Å². The summed E-state index contributed by atoms with van der Waals surface area (Å²) >= 11 is 0. The summed E-state index contributed by atoms with van der Waals surface area (Å²) in [5.41, 5.74) is -2.11. The van der Waals surface area contributed by atoms with Crippen LogP contribution < -0.4 is 10.2 Å². The third-order valence-corrected chi connectivity index (χ3v) is 4.53. The number of ether oxygens (including phenoxy) is 1. The van der Waals surface area contributed by atoms with Crippen LogP contribution in [-0.4, -0.2) is 42.0 Å². The SMILES string of the molecule is CC(C)(C)NC(=O)COC(=O)C1CCN(c2ccc(C(F)(F)F)cc2[N+](=O)[O-])CC1. The third kappa shape index (κ3) is 6.33. The average Bonchev–Trinajstić information content (AvgIpc) is 2.63. The van der Waals surface area contributed by atoms with Crippen molar-refractivity contribution in [2.75, 3.05) is 24.6 Å². The van der Waals surface area contributed by atoms with Gasteiger partial charge in [-0.2, -0.15) is 13.2 Å². The van der Waals surface area contributed by atoms with E-state index in [1.807, 2.05) is 0 Å². The van der Waals surface area contributed by atoms with Crippen molar-refractivity contribution in [1.82, 2.24) is 5.32 Å². The quantitative estimate of drug-likeness (QED) is 0.436. The first kappa shape index (κ1) is 23.4. The lowest BCUT2D eigenvalue weighted by atomic mass is 9.96. The van der Waals surface area contributed by atoms with Gasteiger partial charge in [0.15, 0.2) is 6.61 Å². The Bertz CT molecular complexity index is 813. The Morgan fingerprint density at radius 3 is 2.33 bits per heavy atom. The topological polar surface area (TPSA) is 102 Å². The van der Waals surface area contributed by atoms with Gasteiger partial charge in [-0.05, 0) is 45.7 Å². The van der Waals surface area contributed by atoms with Gasteiger partial charge >= 0.3 is 12.1 Å². The zero-order chi connectivity index (χ0) is 22.7. The number of piperidine rings is 1. The molecule has 11 heteroatoms. The lowest BCUT2D eigenvalue weighted by Crippen LogP contribution is -2.43. The van der Waals surface area contributed by atoms with Crippen LogP contribution in [0.3, 0.4) is 0 Å². The molecule has 0 saturated carbocycles. The fourth-order valence-corrected chi connectivity index (χ4v) is 3.18. The van der Waals surface area contributed by atoms with Crippen LogP contribution in [0.2, 0.25) is 0 Å². The van der Waals surface area contributed by atoms with Crippen molar-refractivity contribution < 1.29 is 32.4 Å². The summed E-state index contributed by atoms with van der Waals surface area (Å²) in [6.45, 7) is 5.45. The highest BCUT2D eigenvalue weighted by atomic mass is 19.4. The highest BCUT2D eigenvalue weighted by Crippen LogP contribution is 2.37. The highest BCUT2D eigenvalue weighted by molar-refractivity contribution is 5.81. The van der Waals surface area contributed by atoms with E-state index < -0.39 is 52.3 Å². The standard InChI is InChI=1S/C19H24F3N3O5/c1-18(2,3)23-16(26)11-30-17(27)12-6-8-24(9-7-12)14-5-4-13(19(20,21)22)10-15(14)25(28)29/h4-5,10,12H,6-9,11H2,1-3H3,(H,23,26). The fourth-order valence-electron chi connectivity index (χ4n) is 3.18. The molecular weight excluding hydrogens is 407 g/mol. The molecule has 1 aromatic rings. The van der Waals surface area contributed by atoms with Crippen molar-refractivity contribution in [2.45, 2.75) is 45.3 Å². The minimum Gasteiger partial charge on any atom is -0.455 e. The first-order chi connectivity index (χ1) is 13.8. The molecule has 2 rings (SSSR count). The predicted molar refractivity (Wildman–Crippen MR) is 102 cm³/mol. The minimum absolute atomic E-state index is 0.0735. The summed E-state index contributed by atoms with van der Waals surface area (Å²) in [6.07, 6.45) is -4.07. The Morgan fingerprint density at radius 1 is 1.23 bits per heavy atom. The fraction of sp³-hybridized carbons (Fsp3) is 0.579. The molecule has 0 aliphatic carbocycles. The number of nitro groups is 1. The zero-order valence-corrected chi connectivity index (χ0v) is 16.9. The molecule has 1 amide bonds. The summed E-state index contributed by atoms with van der Waals surface area (Å²) in [5.74, 6) is -1.45. The van der Waals surface area contributed by atoms with Crippen molar-refractivity contribution >= 4 is 23.3 Å². The number of nitrogens with zero attached hydrogens (tertiary/aromatic N) is 2. The molecule has 1 aromatic carbocycles. The highest BCUT2D eigenvalue weighted by Gasteiger charge is 2.35. The predicted octanol–water partition coefficient (Wildman–Crippen LogP) is 3.29. The normalized spacial score (nSPS) is 15.6. The van der Waals surface area contributed by atoms with Crippen LogP contribution in [0.1, 0.15) is 39.2 Å². The molecule has 8 nitrogen and oxygen atoms in total. The maximum Gasteiger partial charge on any atom is 0.416 e. The van der Waals surface area contributed by atoms with E-state index in [1.54, 1.807) is 25.7 Å². The average molecular weight is 431 g/mol. The number of nitro benzene ring substituents is 1. The molecule has 1 fully saturated rings. The zero-order valence-electron chi connectivity index (χ0n) is 16.9. The van der Waals surface area contributed by atoms with E-state index in [-0.39, 0.29) is 18.8 Å². The van der Waals surface area contributed by atoms with Gasteiger partial charge in [0.25, 0.3) is 11.6 Å². The Balaban J connectivity index is 1.98. The van der Waals surface area contributed by atoms with E-state index in [1.165, 1.54) is 0 Å². The van der Waals surface area contributed by atoms with Crippen LogP contribution in [0.25, 0.3) is 0 Å². The Labute approximate surface area is 171 Å². The molecule has 0 bridgehead atoms. The maximum absolute atomic E-state index is 12.8. The van der Waals surface area contributed by atoms with Gasteiger partial charge in [0.05, 0.1) is 16.4 Å². The van der Waals surface area contributed by atoms with Gasteiger partial charge in [-0.1, -0.05) is 0 Å². The number of benzene rings is 1. The van der Waals surface area contributed by atoms with Crippen LogP contribution in [0.4, 0.5) is 24.5 Å². The van der Waals surface area contributed by atoms with Crippen LogP contribution >= 0.6 is 0 Å². The van der Waals surface area contributed by atoms with Crippen LogP contribution in [-0.2, 0) is 20.5 Å². The van der Waals surface area contributed by atoms with Gasteiger partial charge in [-0.3, -0.25) is 19.7 Å². The number of anilines is 1. The second kappa shape index (κ2) is 8.88. The summed E-state index contributed by atoms with van der Waals surface area (Å²) in [6, 6.07) is 2.40. The monoisotopic (exact) mass is 431 g/mol. The van der Waals surface area contributed by atoms with Gasteiger partial charge in [-0.15, -0.1) is 0 Å². The number of carbonyl (C=O) groups is 2. The molecular formula is C19H24F3N3O5. The Hall–Kier alpha value is -2.85. The molecule has 0 aromatic heterocycles. The van der Waals surface area contributed by atoms with Gasteiger partial charge in [0, 0.05) is 24.7 Å². The molecule has 1 aliphatic heterocycles. The molecule has 1 saturated heterocycles. The smallest absolute Gasteiger partial charge is 0.416 e. The van der Waals surface area contributed by atoms with Crippen LogP contribution in [0.5, 0.6) is 0 Å². The number of hydrogen-bond acceptors (Lipinski definition) is 6. The minimum atomic E-state index is -4.68. The number of hydrogen-bond donors (Lipinski definition) is 1. The molecule has 30 heavy (non-hydrogen) atoms. The van der Waals surface area contributed by atoms with E-state index in [2.05, 4.69) is 5.32 Å². The number of esters is 1. The number of nitrogens with one attached hydrogen (secondary N) is 1. The van der Waals surface area contributed by atoms with Gasteiger partial charge in [-0.25, -0.2) is 0 Å². The second-order valence-electron chi connectivity index (χ2n) is 8.13. The summed E-state index contributed by atoms with van der Waals surface area (Å²) < 4.78 is 43.6. The van der Waals surface area contributed by atoms with Crippen molar-refractivity contribution in [2.24, 2.45) is 5.92 Å². The van der Waals surface area contributed by atoms with Gasteiger partial charge in [0.2, 0.25) is 0 Å². The van der Waals surface area contributed by atoms with Gasteiger partial charge in [0.1, 0.15) is 5.69 Å². The lowest BCUT2D eigenvalue weighted by molar-refractivity contribution is -0.384. The third-order valence-electron chi connectivity index (χ3n) is 4.53. The lowest BCUT2D eigenvalue weighted by Gasteiger charge is -2.32. The van der Waals surface area contributed by atoms with Crippen molar-refractivity contribution in [3.05, 3.63) is 33.9 Å². The van der Waals surface area contributed by atoms with E-state index in [0.717, 1.165) is 12.1 Å². The van der Waals surface area contributed by atoms with Crippen LogP contribution in [0.15, 0.2) is 18.2 Å².